The molecule has 0 saturated carbocycles. The summed E-state index contributed by atoms with van der Waals surface area (Å²) in [6, 6.07) is 5.08. The van der Waals surface area contributed by atoms with Crippen molar-refractivity contribution in [3.05, 3.63) is 29.3 Å². The third-order valence-corrected chi connectivity index (χ3v) is 4.93. The van der Waals surface area contributed by atoms with Crippen LogP contribution in [0.4, 0.5) is 5.13 Å². The smallest absolute Gasteiger partial charge is 0.339 e. The Morgan fingerprint density at radius 1 is 1.43 bits per heavy atom. The summed E-state index contributed by atoms with van der Waals surface area (Å²) in [5.41, 5.74) is 1.14. The minimum absolute atomic E-state index is 0.164. The van der Waals surface area contributed by atoms with E-state index < -0.39 is 5.97 Å². The van der Waals surface area contributed by atoms with Crippen LogP contribution < -0.4 is 9.64 Å². The van der Waals surface area contributed by atoms with Gasteiger partial charge in [0.25, 0.3) is 0 Å². The zero-order chi connectivity index (χ0) is 15.4. The van der Waals surface area contributed by atoms with Crippen molar-refractivity contribution in [2.24, 2.45) is 0 Å². The lowest BCUT2D eigenvalue weighted by molar-refractivity contribution is 0.0693. The summed E-state index contributed by atoms with van der Waals surface area (Å²) in [6.45, 7) is 0. The maximum atomic E-state index is 11.0. The number of carboxylic acid groups (broad SMARTS) is 1. The molecule has 1 aromatic heterocycles. The lowest BCUT2D eigenvalue weighted by atomic mass is 10.1. The highest BCUT2D eigenvalue weighted by Gasteiger charge is 2.12. The summed E-state index contributed by atoms with van der Waals surface area (Å²) in [4.78, 5) is 12.9. The molecule has 0 aliphatic carbocycles. The SMILES string of the molecule is COc1cc(CSc2nnc(N(C)C)s2)ccc1C(=O)O. The third kappa shape index (κ3) is 3.85. The molecule has 8 heteroatoms. The number of carbonyl (C=O) groups is 1. The van der Waals surface area contributed by atoms with Crippen LogP contribution in [0.1, 0.15) is 15.9 Å². The quantitative estimate of drug-likeness (QED) is 0.818. The van der Waals surface area contributed by atoms with Gasteiger partial charge >= 0.3 is 5.97 Å². The fourth-order valence-electron chi connectivity index (χ4n) is 1.59. The van der Waals surface area contributed by atoms with Gasteiger partial charge in [-0.1, -0.05) is 29.2 Å². The molecule has 0 aliphatic heterocycles. The van der Waals surface area contributed by atoms with Crippen LogP contribution >= 0.6 is 23.1 Å². The van der Waals surface area contributed by atoms with Crippen LogP contribution in [-0.2, 0) is 5.75 Å². The van der Waals surface area contributed by atoms with Gasteiger partial charge in [-0.2, -0.15) is 0 Å². The number of methoxy groups -OCH3 is 1. The molecule has 0 aliphatic rings. The number of hydrogen-bond donors (Lipinski definition) is 1. The van der Waals surface area contributed by atoms with Crippen LogP contribution in [0.3, 0.4) is 0 Å². The molecule has 1 aromatic carbocycles. The molecule has 6 nitrogen and oxygen atoms in total. The second kappa shape index (κ2) is 6.77. The van der Waals surface area contributed by atoms with Gasteiger partial charge in [-0.15, -0.1) is 10.2 Å². The number of benzene rings is 1. The fraction of sp³-hybridized carbons (Fsp3) is 0.308. The number of carboxylic acids is 1. The van der Waals surface area contributed by atoms with E-state index in [2.05, 4.69) is 10.2 Å². The summed E-state index contributed by atoms with van der Waals surface area (Å²) in [5.74, 6) is 0.0517. The van der Waals surface area contributed by atoms with Crippen molar-refractivity contribution >= 4 is 34.2 Å². The normalized spacial score (nSPS) is 10.4. The molecule has 0 amide bonds. The average Bonchev–Trinajstić information content (AvgIpc) is 2.93. The summed E-state index contributed by atoms with van der Waals surface area (Å²) in [7, 11) is 5.31. The van der Waals surface area contributed by atoms with Crippen molar-refractivity contribution in [3.63, 3.8) is 0 Å². The van der Waals surface area contributed by atoms with Crippen molar-refractivity contribution in [3.8, 4) is 5.75 Å². The molecule has 0 saturated heterocycles. The van der Waals surface area contributed by atoms with Crippen LogP contribution in [0.15, 0.2) is 22.5 Å². The Morgan fingerprint density at radius 3 is 2.76 bits per heavy atom. The van der Waals surface area contributed by atoms with E-state index in [0.29, 0.717) is 11.5 Å². The number of rotatable bonds is 6. The Bertz CT molecular complexity index is 643. The number of nitrogens with zero attached hydrogens (tertiary/aromatic N) is 3. The van der Waals surface area contributed by atoms with Crippen molar-refractivity contribution in [1.82, 2.24) is 10.2 Å². The molecule has 1 heterocycles. The Balaban J connectivity index is 2.07. The Hall–Kier alpha value is -1.80. The first kappa shape index (κ1) is 15.6. The summed E-state index contributed by atoms with van der Waals surface area (Å²) >= 11 is 3.08. The van der Waals surface area contributed by atoms with E-state index in [0.717, 1.165) is 15.0 Å². The standard InChI is InChI=1S/C13H15N3O3S2/c1-16(2)12-14-15-13(21-12)20-7-8-4-5-9(11(17)18)10(6-8)19-3/h4-6H,7H2,1-3H3,(H,17,18). The number of ether oxygens (including phenoxy) is 1. The molecule has 0 atom stereocenters. The Kier molecular flexibility index (Phi) is 5.03. The minimum atomic E-state index is -0.995. The zero-order valence-corrected chi connectivity index (χ0v) is 13.5. The van der Waals surface area contributed by atoms with Gasteiger partial charge < -0.3 is 14.7 Å². The van der Waals surface area contributed by atoms with E-state index >= 15 is 0 Å². The third-order valence-electron chi connectivity index (χ3n) is 2.64. The zero-order valence-electron chi connectivity index (χ0n) is 11.9. The van der Waals surface area contributed by atoms with E-state index in [1.54, 1.807) is 30.0 Å². The van der Waals surface area contributed by atoms with E-state index in [9.17, 15) is 4.79 Å². The van der Waals surface area contributed by atoms with Gasteiger partial charge in [-0.25, -0.2) is 4.79 Å². The van der Waals surface area contributed by atoms with Crippen molar-refractivity contribution in [1.29, 1.82) is 0 Å². The first-order chi connectivity index (χ1) is 10.0. The van der Waals surface area contributed by atoms with Gasteiger partial charge in [0.1, 0.15) is 11.3 Å². The maximum absolute atomic E-state index is 11.0. The van der Waals surface area contributed by atoms with Gasteiger partial charge in [0.05, 0.1) is 7.11 Å². The highest BCUT2D eigenvalue weighted by atomic mass is 32.2. The van der Waals surface area contributed by atoms with Gasteiger partial charge in [0.2, 0.25) is 5.13 Å². The molecule has 21 heavy (non-hydrogen) atoms. The average molecular weight is 325 g/mol. The van der Waals surface area contributed by atoms with Crippen LogP contribution in [-0.4, -0.2) is 42.5 Å². The molecule has 0 radical (unpaired) electrons. The van der Waals surface area contributed by atoms with Gasteiger partial charge in [-0.3, -0.25) is 0 Å². The molecule has 1 N–H and O–H groups in total. The maximum Gasteiger partial charge on any atom is 0.339 e. The predicted molar refractivity (Wildman–Crippen MR) is 83.8 cm³/mol. The highest BCUT2D eigenvalue weighted by molar-refractivity contribution is 8.00. The molecule has 0 bridgehead atoms. The van der Waals surface area contributed by atoms with E-state index in [1.165, 1.54) is 18.4 Å². The topological polar surface area (TPSA) is 75.6 Å². The first-order valence-corrected chi connectivity index (χ1v) is 7.85. The number of aromatic carboxylic acids is 1. The molecular weight excluding hydrogens is 310 g/mol. The number of hydrogen-bond acceptors (Lipinski definition) is 7. The summed E-state index contributed by atoms with van der Waals surface area (Å²) < 4.78 is 5.99. The minimum Gasteiger partial charge on any atom is -0.496 e. The molecule has 0 spiro atoms. The lowest BCUT2D eigenvalue weighted by Gasteiger charge is -2.07. The predicted octanol–water partition coefficient (Wildman–Crippen LogP) is 2.60. The number of thioether (sulfide) groups is 1. The molecule has 0 fully saturated rings. The van der Waals surface area contributed by atoms with E-state index in [-0.39, 0.29) is 5.56 Å². The summed E-state index contributed by atoms with van der Waals surface area (Å²) in [5, 5.41) is 18.1. The molecule has 0 unspecified atom stereocenters. The highest BCUT2D eigenvalue weighted by Crippen LogP contribution is 2.30. The fourth-order valence-corrected chi connectivity index (χ4v) is 3.30. The van der Waals surface area contributed by atoms with Crippen molar-refractivity contribution in [2.75, 3.05) is 26.1 Å². The first-order valence-electron chi connectivity index (χ1n) is 6.05. The molecule has 112 valence electrons. The van der Waals surface area contributed by atoms with E-state index in [4.69, 9.17) is 9.84 Å². The lowest BCUT2D eigenvalue weighted by Crippen LogP contribution is -2.07. The summed E-state index contributed by atoms with van der Waals surface area (Å²) in [6.07, 6.45) is 0. The van der Waals surface area contributed by atoms with Gasteiger partial charge in [-0.05, 0) is 17.7 Å². The Morgan fingerprint density at radius 2 is 2.19 bits per heavy atom. The Labute approximate surface area is 130 Å². The molecule has 2 rings (SSSR count). The van der Waals surface area contributed by atoms with Crippen LogP contribution in [0.25, 0.3) is 0 Å². The van der Waals surface area contributed by atoms with E-state index in [1.807, 2.05) is 19.0 Å². The number of aromatic nitrogens is 2. The van der Waals surface area contributed by atoms with Crippen molar-refractivity contribution in [2.45, 2.75) is 10.1 Å². The second-order valence-electron chi connectivity index (χ2n) is 4.37. The van der Waals surface area contributed by atoms with Gasteiger partial charge in [0, 0.05) is 19.8 Å². The second-order valence-corrected chi connectivity index (χ2v) is 6.55. The number of anilines is 1. The van der Waals surface area contributed by atoms with Crippen LogP contribution in [0, 0.1) is 0 Å². The van der Waals surface area contributed by atoms with Crippen LogP contribution in [0.5, 0.6) is 5.75 Å². The van der Waals surface area contributed by atoms with Crippen LogP contribution in [0.2, 0.25) is 0 Å². The largest absolute Gasteiger partial charge is 0.496 e. The van der Waals surface area contributed by atoms with Crippen molar-refractivity contribution < 1.29 is 14.6 Å². The molecule has 2 aromatic rings. The molecular formula is C13H15N3O3S2. The monoisotopic (exact) mass is 325 g/mol. The van der Waals surface area contributed by atoms with Gasteiger partial charge in [0.15, 0.2) is 4.34 Å².